The quantitative estimate of drug-likeness (QED) is 0.254. The standard InChI is InChI=1S/C33H25ClN4O4S/c1-19-29(32(40)42-3)30(25-15-23(34)12-13-27(25)41-2)38-31(39)28(43-33(38)36-19)14-22-18-37(26-7-5-4-6-24(22)26)17-21-10-8-20(16-35)9-11-21/h4-15,18,30H,17H2,1-3H3/b28-14-/t30-/m1/s1. The van der Waals surface area contributed by atoms with Gasteiger partial charge in [0.05, 0.1) is 41.7 Å². The Balaban J connectivity index is 1.53. The van der Waals surface area contributed by atoms with Crippen molar-refractivity contribution in [3.8, 4) is 11.8 Å². The lowest BCUT2D eigenvalue weighted by molar-refractivity contribution is -0.136. The Morgan fingerprint density at radius 2 is 1.91 bits per heavy atom. The fraction of sp³-hybridized carbons (Fsp3) is 0.152. The molecule has 1 aliphatic heterocycles. The van der Waals surface area contributed by atoms with Crippen molar-refractivity contribution in [1.82, 2.24) is 9.13 Å². The van der Waals surface area contributed by atoms with E-state index >= 15 is 0 Å². The first-order valence-corrected chi connectivity index (χ1v) is 14.5. The van der Waals surface area contributed by atoms with E-state index in [0.29, 0.717) is 43.5 Å². The van der Waals surface area contributed by atoms with Gasteiger partial charge in [0.2, 0.25) is 0 Å². The lowest BCUT2D eigenvalue weighted by Crippen LogP contribution is -2.40. The number of nitrogens with zero attached hydrogens (tertiary/aromatic N) is 4. The van der Waals surface area contributed by atoms with Crippen LogP contribution in [-0.4, -0.2) is 29.3 Å². The number of hydrogen-bond acceptors (Lipinski definition) is 7. The molecule has 6 rings (SSSR count). The maximum Gasteiger partial charge on any atom is 0.338 e. The number of aromatic nitrogens is 2. The molecule has 214 valence electrons. The molecule has 0 saturated heterocycles. The smallest absolute Gasteiger partial charge is 0.338 e. The minimum absolute atomic E-state index is 0.237. The largest absolute Gasteiger partial charge is 0.496 e. The molecule has 0 spiro atoms. The van der Waals surface area contributed by atoms with Gasteiger partial charge in [-0.15, -0.1) is 0 Å². The van der Waals surface area contributed by atoms with Crippen molar-refractivity contribution >= 4 is 45.9 Å². The zero-order valence-electron chi connectivity index (χ0n) is 23.5. The zero-order valence-corrected chi connectivity index (χ0v) is 25.1. The predicted octanol–water partition coefficient (Wildman–Crippen LogP) is 4.94. The van der Waals surface area contributed by atoms with Gasteiger partial charge in [-0.2, -0.15) is 5.26 Å². The average molecular weight is 609 g/mol. The molecule has 0 radical (unpaired) electrons. The molecule has 0 saturated carbocycles. The Morgan fingerprint density at radius 3 is 2.63 bits per heavy atom. The third-order valence-electron chi connectivity index (χ3n) is 7.46. The van der Waals surface area contributed by atoms with E-state index in [2.05, 4.69) is 15.6 Å². The summed E-state index contributed by atoms with van der Waals surface area (Å²) in [6, 6.07) is 21.9. The number of carbonyl (C=O) groups excluding carboxylic acids is 1. The Morgan fingerprint density at radius 1 is 1.14 bits per heavy atom. The van der Waals surface area contributed by atoms with Crippen molar-refractivity contribution in [3.05, 3.63) is 131 Å². The van der Waals surface area contributed by atoms with Crippen molar-refractivity contribution in [2.45, 2.75) is 19.5 Å². The van der Waals surface area contributed by atoms with Crippen LogP contribution in [0.5, 0.6) is 5.75 Å². The minimum atomic E-state index is -0.850. The van der Waals surface area contributed by atoms with E-state index < -0.39 is 12.0 Å². The number of benzene rings is 3. The van der Waals surface area contributed by atoms with Crippen molar-refractivity contribution < 1.29 is 14.3 Å². The summed E-state index contributed by atoms with van der Waals surface area (Å²) >= 11 is 7.63. The first-order chi connectivity index (χ1) is 20.8. The number of hydrogen-bond donors (Lipinski definition) is 0. The van der Waals surface area contributed by atoms with Crippen molar-refractivity contribution in [2.24, 2.45) is 4.99 Å². The molecule has 0 amide bonds. The summed E-state index contributed by atoms with van der Waals surface area (Å²) in [4.78, 5) is 32.3. The Bertz CT molecular complexity index is 2170. The maximum absolute atomic E-state index is 14.1. The van der Waals surface area contributed by atoms with Crippen LogP contribution in [0.1, 0.15) is 35.2 Å². The van der Waals surface area contributed by atoms with Gasteiger partial charge in [-0.05, 0) is 55.0 Å². The highest BCUT2D eigenvalue weighted by Gasteiger charge is 2.35. The van der Waals surface area contributed by atoms with Gasteiger partial charge in [-0.1, -0.05) is 53.3 Å². The second kappa shape index (κ2) is 11.4. The van der Waals surface area contributed by atoms with Crippen LogP contribution in [0.15, 0.2) is 94.0 Å². The van der Waals surface area contributed by atoms with Crippen LogP contribution < -0.4 is 19.6 Å². The fourth-order valence-electron chi connectivity index (χ4n) is 5.45. The Labute approximate surface area is 255 Å². The second-order valence-electron chi connectivity index (χ2n) is 10.00. The fourth-order valence-corrected chi connectivity index (χ4v) is 6.67. The molecule has 1 aliphatic rings. The number of ether oxygens (including phenoxy) is 2. The van der Waals surface area contributed by atoms with Gasteiger partial charge in [0.15, 0.2) is 4.80 Å². The number of para-hydroxylation sites is 1. The van der Waals surface area contributed by atoms with Crippen LogP contribution in [0, 0.1) is 11.3 Å². The van der Waals surface area contributed by atoms with E-state index in [-0.39, 0.29) is 11.1 Å². The van der Waals surface area contributed by atoms with E-state index in [1.807, 2.05) is 48.7 Å². The van der Waals surface area contributed by atoms with Crippen LogP contribution in [0.3, 0.4) is 0 Å². The van der Waals surface area contributed by atoms with E-state index in [4.69, 9.17) is 26.3 Å². The SMILES string of the molecule is COC(=O)C1=C(C)N=c2s/c(=C\c3cn(Cc4ccc(C#N)cc4)c4ccccc34)c(=O)n2[C@@H]1c1cc(Cl)ccc1OC. The van der Waals surface area contributed by atoms with Crippen LogP contribution in [0.4, 0.5) is 0 Å². The second-order valence-corrected chi connectivity index (χ2v) is 11.4. The van der Waals surface area contributed by atoms with Crippen LogP contribution in [0.25, 0.3) is 17.0 Å². The summed E-state index contributed by atoms with van der Waals surface area (Å²) in [7, 11) is 2.83. The average Bonchev–Trinajstić information content (AvgIpc) is 3.52. The van der Waals surface area contributed by atoms with Crippen molar-refractivity contribution in [1.29, 1.82) is 5.26 Å². The van der Waals surface area contributed by atoms with Gasteiger partial charge in [0.25, 0.3) is 5.56 Å². The van der Waals surface area contributed by atoms with Crippen LogP contribution >= 0.6 is 22.9 Å². The Kier molecular flexibility index (Phi) is 7.48. The molecule has 0 bridgehead atoms. The van der Waals surface area contributed by atoms with E-state index in [9.17, 15) is 9.59 Å². The third kappa shape index (κ3) is 5.05. The molecule has 5 aromatic rings. The summed E-state index contributed by atoms with van der Waals surface area (Å²) in [5.41, 5.74) is 4.48. The molecular weight excluding hydrogens is 584 g/mol. The van der Waals surface area contributed by atoms with Gasteiger partial charge in [0.1, 0.15) is 11.8 Å². The number of esters is 1. The zero-order chi connectivity index (χ0) is 30.2. The third-order valence-corrected chi connectivity index (χ3v) is 8.67. The number of fused-ring (bicyclic) bond motifs is 2. The number of allylic oxidation sites excluding steroid dienone is 1. The normalized spacial score (nSPS) is 14.8. The molecule has 0 fully saturated rings. The van der Waals surface area contributed by atoms with Gasteiger partial charge in [-0.3, -0.25) is 9.36 Å². The predicted molar refractivity (Wildman–Crippen MR) is 166 cm³/mol. The summed E-state index contributed by atoms with van der Waals surface area (Å²) < 4.78 is 14.8. The van der Waals surface area contributed by atoms with Gasteiger partial charge >= 0.3 is 5.97 Å². The topological polar surface area (TPSA) is 98.6 Å². The summed E-state index contributed by atoms with van der Waals surface area (Å²) in [5, 5.41) is 10.6. The van der Waals surface area contributed by atoms with Gasteiger partial charge in [-0.25, -0.2) is 9.79 Å². The molecule has 0 aliphatic carbocycles. The minimum Gasteiger partial charge on any atom is -0.496 e. The highest BCUT2D eigenvalue weighted by Crippen LogP contribution is 2.37. The number of nitriles is 1. The molecule has 0 N–H and O–H groups in total. The first kappa shape index (κ1) is 28.2. The van der Waals surface area contributed by atoms with E-state index in [0.717, 1.165) is 22.0 Å². The molecule has 2 aromatic heterocycles. The number of carbonyl (C=O) groups is 1. The molecule has 1 atom stereocenters. The lowest BCUT2D eigenvalue weighted by atomic mass is 9.95. The number of thiazole rings is 1. The molecule has 43 heavy (non-hydrogen) atoms. The summed E-state index contributed by atoms with van der Waals surface area (Å²) in [5.74, 6) is -0.112. The van der Waals surface area contributed by atoms with Gasteiger partial charge in [0, 0.05) is 39.8 Å². The molecule has 3 aromatic carbocycles. The lowest BCUT2D eigenvalue weighted by Gasteiger charge is -2.25. The van der Waals surface area contributed by atoms with Crippen molar-refractivity contribution in [3.63, 3.8) is 0 Å². The van der Waals surface area contributed by atoms with E-state index in [1.165, 1.54) is 30.1 Å². The molecule has 10 heteroatoms. The first-order valence-electron chi connectivity index (χ1n) is 13.3. The van der Waals surface area contributed by atoms with Gasteiger partial charge < -0.3 is 14.0 Å². The summed E-state index contributed by atoms with van der Waals surface area (Å²) in [6.07, 6.45) is 3.88. The van der Waals surface area contributed by atoms with Crippen LogP contribution in [-0.2, 0) is 16.1 Å². The highest BCUT2D eigenvalue weighted by molar-refractivity contribution is 7.07. The molecule has 3 heterocycles. The van der Waals surface area contributed by atoms with Crippen molar-refractivity contribution in [2.75, 3.05) is 14.2 Å². The number of methoxy groups -OCH3 is 2. The molecule has 8 nitrogen and oxygen atoms in total. The van der Waals surface area contributed by atoms with Crippen LogP contribution in [0.2, 0.25) is 5.02 Å². The number of halogens is 1. The highest BCUT2D eigenvalue weighted by atomic mass is 35.5. The summed E-state index contributed by atoms with van der Waals surface area (Å²) in [6.45, 7) is 2.32. The monoisotopic (exact) mass is 608 g/mol. The molecular formula is C33H25ClN4O4S. The van der Waals surface area contributed by atoms with E-state index in [1.54, 1.807) is 37.3 Å². The Hall–Kier alpha value is -4.91. The number of rotatable bonds is 6. The maximum atomic E-state index is 14.1. The molecule has 0 unspecified atom stereocenters.